The lowest BCUT2D eigenvalue weighted by Gasteiger charge is -2.19. The fraction of sp³-hybridized carbons (Fsp3) is 0.381. The van der Waals surface area contributed by atoms with E-state index in [0.29, 0.717) is 23.0 Å². The molecule has 1 unspecified atom stereocenters. The molecule has 0 saturated carbocycles. The topological polar surface area (TPSA) is 38.3 Å². The van der Waals surface area contributed by atoms with E-state index in [1.54, 1.807) is 17.8 Å². The maximum absolute atomic E-state index is 12.4. The van der Waals surface area contributed by atoms with Crippen LogP contribution in [0, 0.1) is 13.8 Å². The molecular formula is C21H25Cl2NO2S. The molecule has 6 heteroatoms. The second-order valence-corrected chi connectivity index (χ2v) is 8.31. The first-order valence-electron chi connectivity index (χ1n) is 8.94. The number of carbonyl (C=O) groups excluding carboxylic acids is 1. The Labute approximate surface area is 175 Å². The average molecular weight is 426 g/mol. The molecule has 0 radical (unpaired) electrons. The van der Waals surface area contributed by atoms with Gasteiger partial charge in [0, 0.05) is 28.1 Å². The van der Waals surface area contributed by atoms with E-state index >= 15 is 0 Å². The zero-order chi connectivity index (χ0) is 19.8. The van der Waals surface area contributed by atoms with Gasteiger partial charge in [0.2, 0.25) is 0 Å². The van der Waals surface area contributed by atoms with Crippen LogP contribution < -0.4 is 10.1 Å². The SMILES string of the molecule is CCC(Oc1ccc(C)cc1C)C(=O)NCCSCc1ccc(Cl)cc1Cl. The van der Waals surface area contributed by atoms with Crippen molar-refractivity contribution in [1.82, 2.24) is 5.32 Å². The predicted molar refractivity (Wildman–Crippen MR) is 116 cm³/mol. The van der Waals surface area contributed by atoms with E-state index < -0.39 is 6.10 Å². The third-order valence-corrected chi connectivity index (χ3v) is 5.68. The van der Waals surface area contributed by atoms with Gasteiger partial charge in [0.05, 0.1) is 0 Å². The van der Waals surface area contributed by atoms with Crippen molar-refractivity contribution < 1.29 is 9.53 Å². The van der Waals surface area contributed by atoms with Gasteiger partial charge in [-0.3, -0.25) is 4.79 Å². The number of ether oxygens (including phenoxy) is 1. The summed E-state index contributed by atoms with van der Waals surface area (Å²) in [5.41, 5.74) is 3.26. The summed E-state index contributed by atoms with van der Waals surface area (Å²) in [6, 6.07) is 11.5. The Hall–Kier alpha value is -1.36. The zero-order valence-corrected chi connectivity index (χ0v) is 18.2. The number of nitrogens with one attached hydrogen (secondary N) is 1. The van der Waals surface area contributed by atoms with Crippen LogP contribution >= 0.6 is 35.0 Å². The molecule has 1 N–H and O–H groups in total. The second-order valence-electron chi connectivity index (χ2n) is 6.36. The predicted octanol–water partition coefficient (Wildman–Crippen LogP) is 5.82. The minimum Gasteiger partial charge on any atom is -0.480 e. The van der Waals surface area contributed by atoms with Crippen molar-refractivity contribution >= 4 is 40.9 Å². The van der Waals surface area contributed by atoms with Gasteiger partial charge in [-0.05, 0) is 49.6 Å². The number of thioether (sulfide) groups is 1. The molecule has 0 fully saturated rings. The maximum Gasteiger partial charge on any atom is 0.261 e. The minimum atomic E-state index is -0.484. The molecule has 146 valence electrons. The van der Waals surface area contributed by atoms with Crippen LogP contribution in [0.3, 0.4) is 0 Å². The van der Waals surface area contributed by atoms with Gasteiger partial charge < -0.3 is 10.1 Å². The lowest BCUT2D eigenvalue weighted by molar-refractivity contribution is -0.128. The van der Waals surface area contributed by atoms with Crippen molar-refractivity contribution in [1.29, 1.82) is 0 Å². The van der Waals surface area contributed by atoms with Gasteiger partial charge in [-0.1, -0.05) is 53.9 Å². The maximum atomic E-state index is 12.4. The number of carbonyl (C=O) groups is 1. The minimum absolute atomic E-state index is 0.0809. The molecule has 2 aromatic carbocycles. The Morgan fingerprint density at radius 2 is 1.96 bits per heavy atom. The molecule has 0 bridgehead atoms. The van der Waals surface area contributed by atoms with E-state index in [0.717, 1.165) is 28.4 Å². The van der Waals surface area contributed by atoms with E-state index in [9.17, 15) is 4.79 Å². The van der Waals surface area contributed by atoms with Crippen molar-refractivity contribution in [3.8, 4) is 5.75 Å². The highest BCUT2D eigenvalue weighted by Gasteiger charge is 2.18. The van der Waals surface area contributed by atoms with E-state index in [1.165, 1.54) is 5.56 Å². The summed E-state index contributed by atoms with van der Waals surface area (Å²) < 4.78 is 5.92. The Morgan fingerprint density at radius 1 is 1.19 bits per heavy atom. The van der Waals surface area contributed by atoms with Gasteiger partial charge in [-0.2, -0.15) is 11.8 Å². The van der Waals surface area contributed by atoms with Crippen LogP contribution in [-0.4, -0.2) is 24.3 Å². The highest BCUT2D eigenvalue weighted by molar-refractivity contribution is 7.98. The zero-order valence-electron chi connectivity index (χ0n) is 15.9. The number of benzene rings is 2. The van der Waals surface area contributed by atoms with Gasteiger partial charge in [-0.25, -0.2) is 0 Å². The van der Waals surface area contributed by atoms with Gasteiger partial charge in [0.15, 0.2) is 6.10 Å². The average Bonchev–Trinajstić information content (AvgIpc) is 2.62. The van der Waals surface area contributed by atoms with E-state index in [-0.39, 0.29) is 5.91 Å². The Bertz CT molecular complexity index is 783. The smallest absolute Gasteiger partial charge is 0.261 e. The molecule has 27 heavy (non-hydrogen) atoms. The lowest BCUT2D eigenvalue weighted by atomic mass is 10.1. The molecule has 0 aliphatic carbocycles. The fourth-order valence-corrected chi connectivity index (χ4v) is 4.01. The van der Waals surface area contributed by atoms with Crippen LogP contribution in [0.25, 0.3) is 0 Å². The number of rotatable bonds is 9. The van der Waals surface area contributed by atoms with Crippen molar-refractivity contribution in [2.75, 3.05) is 12.3 Å². The standard InChI is InChI=1S/C21H25Cl2NO2S/c1-4-19(26-20-8-5-14(2)11-15(20)3)21(25)24-9-10-27-13-16-6-7-17(22)12-18(16)23/h5-8,11-12,19H,4,9-10,13H2,1-3H3,(H,24,25). The molecule has 0 aliphatic rings. The Balaban J connectivity index is 1.76. The van der Waals surface area contributed by atoms with Crippen LogP contribution in [0.15, 0.2) is 36.4 Å². The molecule has 0 aliphatic heterocycles. The summed E-state index contributed by atoms with van der Waals surface area (Å²) >= 11 is 13.8. The van der Waals surface area contributed by atoms with Gasteiger partial charge >= 0.3 is 0 Å². The first-order valence-corrected chi connectivity index (χ1v) is 10.8. The molecular weight excluding hydrogens is 401 g/mol. The Kier molecular flexibility index (Phi) is 8.81. The van der Waals surface area contributed by atoms with E-state index in [4.69, 9.17) is 27.9 Å². The summed E-state index contributed by atoms with van der Waals surface area (Å²) in [4.78, 5) is 12.4. The van der Waals surface area contributed by atoms with Gasteiger partial charge in [-0.15, -0.1) is 0 Å². The van der Waals surface area contributed by atoms with Gasteiger partial charge in [0.1, 0.15) is 5.75 Å². The first kappa shape index (κ1) is 21.9. The molecule has 2 rings (SSSR count). The highest BCUT2D eigenvalue weighted by atomic mass is 35.5. The molecule has 3 nitrogen and oxygen atoms in total. The molecule has 1 atom stereocenters. The third-order valence-electron chi connectivity index (χ3n) is 4.08. The van der Waals surface area contributed by atoms with E-state index in [2.05, 4.69) is 11.4 Å². The van der Waals surface area contributed by atoms with Crippen LogP contribution in [0.2, 0.25) is 10.0 Å². The summed E-state index contributed by atoms with van der Waals surface area (Å²) in [6.45, 7) is 6.56. The molecule has 0 spiro atoms. The summed E-state index contributed by atoms with van der Waals surface area (Å²) in [7, 11) is 0. The number of amides is 1. The van der Waals surface area contributed by atoms with Crippen LogP contribution in [0.4, 0.5) is 0 Å². The van der Waals surface area contributed by atoms with Crippen molar-refractivity contribution in [2.24, 2.45) is 0 Å². The first-order chi connectivity index (χ1) is 12.9. The lowest BCUT2D eigenvalue weighted by Crippen LogP contribution is -2.39. The molecule has 0 aromatic heterocycles. The fourth-order valence-electron chi connectivity index (χ4n) is 2.59. The van der Waals surface area contributed by atoms with E-state index in [1.807, 2.05) is 45.0 Å². The Morgan fingerprint density at radius 3 is 2.63 bits per heavy atom. The normalized spacial score (nSPS) is 11.9. The van der Waals surface area contributed by atoms with Crippen LogP contribution in [0.1, 0.15) is 30.0 Å². The molecule has 0 saturated heterocycles. The molecule has 2 aromatic rings. The largest absolute Gasteiger partial charge is 0.480 e. The third kappa shape index (κ3) is 6.95. The van der Waals surface area contributed by atoms with Crippen LogP contribution in [0.5, 0.6) is 5.75 Å². The van der Waals surface area contributed by atoms with Gasteiger partial charge in [0.25, 0.3) is 5.91 Å². The number of hydrogen-bond acceptors (Lipinski definition) is 3. The van der Waals surface area contributed by atoms with Crippen LogP contribution in [-0.2, 0) is 10.5 Å². The second kappa shape index (κ2) is 10.8. The van der Waals surface area contributed by atoms with Crippen molar-refractivity contribution in [3.05, 3.63) is 63.1 Å². The summed E-state index contributed by atoms with van der Waals surface area (Å²) in [5.74, 6) is 2.25. The number of aryl methyl sites for hydroxylation is 2. The highest BCUT2D eigenvalue weighted by Crippen LogP contribution is 2.24. The quantitative estimate of drug-likeness (QED) is 0.514. The van der Waals surface area contributed by atoms with Crippen molar-refractivity contribution in [3.63, 3.8) is 0 Å². The monoisotopic (exact) mass is 425 g/mol. The van der Waals surface area contributed by atoms with Crippen molar-refractivity contribution in [2.45, 2.75) is 39.0 Å². The number of halogens is 2. The number of hydrogen-bond donors (Lipinski definition) is 1. The summed E-state index contributed by atoms with van der Waals surface area (Å²) in [5, 5.41) is 4.26. The summed E-state index contributed by atoms with van der Waals surface area (Å²) in [6.07, 6.45) is 0.134. The molecule has 1 amide bonds. The molecule has 0 heterocycles.